The molecular weight excluding hydrogens is 418 g/mol. The van der Waals surface area contributed by atoms with Crippen LogP contribution in [0.4, 0.5) is 14.6 Å². The minimum atomic E-state index is -2.54. The first-order chi connectivity index (χ1) is 15.0. The van der Waals surface area contributed by atoms with E-state index in [0.717, 1.165) is 16.8 Å². The van der Waals surface area contributed by atoms with Gasteiger partial charge in [0.1, 0.15) is 11.9 Å². The number of aromatic amines is 1. The molecule has 4 aromatic rings. The lowest BCUT2D eigenvalue weighted by Crippen LogP contribution is -2.31. The molecular formula is C22H20F2N6S. The third-order valence-electron chi connectivity index (χ3n) is 5.66. The molecule has 2 atom stereocenters. The van der Waals surface area contributed by atoms with Crippen LogP contribution in [-0.4, -0.2) is 31.0 Å². The Morgan fingerprint density at radius 1 is 1.10 bits per heavy atom. The van der Waals surface area contributed by atoms with E-state index >= 15 is 0 Å². The average Bonchev–Trinajstić information content (AvgIpc) is 3.37. The number of hydrogen-bond donors (Lipinski definition) is 2. The molecule has 5 rings (SSSR count). The fraction of sp³-hybridized carbons (Fsp3) is 0.227. The van der Waals surface area contributed by atoms with Gasteiger partial charge in [-0.3, -0.25) is 9.67 Å². The van der Waals surface area contributed by atoms with Gasteiger partial charge in [0.05, 0.1) is 23.5 Å². The summed E-state index contributed by atoms with van der Waals surface area (Å²) in [6.45, 7) is 1.98. The molecule has 0 unspecified atom stereocenters. The Kier molecular flexibility index (Phi) is 4.90. The van der Waals surface area contributed by atoms with Gasteiger partial charge >= 0.3 is 0 Å². The van der Waals surface area contributed by atoms with Gasteiger partial charge in [-0.2, -0.15) is 10.2 Å². The second-order valence-electron chi connectivity index (χ2n) is 7.57. The van der Waals surface area contributed by atoms with E-state index in [4.69, 9.17) is 12.2 Å². The van der Waals surface area contributed by atoms with E-state index in [1.165, 1.54) is 4.68 Å². The molecule has 2 N–H and O–H groups in total. The van der Waals surface area contributed by atoms with E-state index in [0.29, 0.717) is 22.0 Å². The van der Waals surface area contributed by atoms with Crippen LogP contribution in [-0.2, 0) is 0 Å². The van der Waals surface area contributed by atoms with Crippen LogP contribution in [0.25, 0.3) is 17.1 Å². The number of para-hydroxylation sites is 1. The number of benzene rings is 2. The van der Waals surface area contributed by atoms with Crippen LogP contribution in [0.5, 0.6) is 0 Å². The third kappa shape index (κ3) is 3.34. The number of H-pyrrole nitrogens is 1. The molecule has 0 saturated heterocycles. The molecule has 0 fully saturated rings. The van der Waals surface area contributed by atoms with Crippen molar-refractivity contribution in [3.05, 3.63) is 76.7 Å². The van der Waals surface area contributed by atoms with Gasteiger partial charge in [0.2, 0.25) is 0 Å². The minimum absolute atomic E-state index is 0.237. The van der Waals surface area contributed by atoms with Crippen molar-refractivity contribution in [2.24, 2.45) is 0 Å². The fourth-order valence-electron chi connectivity index (χ4n) is 4.12. The fourth-order valence-corrected chi connectivity index (χ4v) is 4.35. The number of nitrogens with one attached hydrogen (secondary N) is 2. The minimum Gasteiger partial charge on any atom is -0.363 e. The lowest BCUT2D eigenvalue weighted by Gasteiger charge is -2.32. The summed E-state index contributed by atoms with van der Waals surface area (Å²) in [4.78, 5) is 0. The zero-order valence-corrected chi connectivity index (χ0v) is 17.5. The summed E-state index contributed by atoms with van der Waals surface area (Å²) in [5.41, 5.74) is 3.45. The van der Waals surface area contributed by atoms with Crippen molar-refractivity contribution in [1.29, 1.82) is 0 Å². The highest BCUT2D eigenvalue weighted by atomic mass is 32.1. The Labute approximate surface area is 182 Å². The highest BCUT2D eigenvalue weighted by Gasteiger charge is 2.36. The van der Waals surface area contributed by atoms with Gasteiger partial charge in [-0.15, -0.1) is 0 Å². The zero-order chi connectivity index (χ0) is 21.5. The standard InChI is InChI=1S/C22H20F2N6S/c1-13-7-5-6-10-17(13)29-21(27-28-22(29)31)15-12-25-30-18(19(23)24)11-16(26-20(15)30)14-8-3-2-4-9-14/h2-10,12,16,18-19,26H,11H2,1H3,(H,28,31)/t16-,18+/m1/s1. The first kappa shape index (κ1) is 19.6. The summed E-state index contributed by atoms with van der Waals surface area (Å²) < 4.78 is 31.5. The monoisotopic (exact) mass is 438 g/mol. The van der Waals surface area contributed by atoms with Crippen LogP contribution in [0.1, 0.15) is 29.6 Å². The van der Waals surface area contributed by atoms with Crippen LogP contribution in [0.2, 0.25) is 0 Å². The first-order valence-electron chi connectivity index (χ1n) is 9.95. The number of nitrogens with zero attached hydrogens (tertiary/aromatic N) is 4. The van der Waals surface area contributed by atoms with Crippen LogP contribution in [0, 0.1) is 11.7 Å². The Morgan fingerprint density at radius 2 is 1.84 bits per heavy atom. The number of fused-ring (bicyclic) bond motifs is 1. The summed E-state index contributed by atoms with van der Waals surface area (Å²) in [5, 5.41) is 15.0. The Bertz CT molecular complexity index is 1280. The van der Waals surface area contributed by atoms with Crippen LogP contribution < -0.4 is 5.32 Å². The highest BCUT2D eigenvalue weighted by molar-refractivity contribution is 7.71. The molecule has 1 aliphatic heterocycles. The molecule has 0 amide bonds. The second kappa shape index (κ2) is 7.73. The Hall–Kier alpha value is -3.33. The third-order valence-corrected chi connectivity index (χ3v) is 5.93. The predicted octanol–water partition coefficient (Wildman–Crippen LogP) is 5.46. The van der Waals surface area contributed by atoms with Crippen molar-refractivity contribution in [3.63, 3.8) is 0 Å². The Balaban J connectivity index is 1.65. The molecule has 0 bridgehead atoms. The molecule has 3 heterocycles. The van der Waals surface area contributed by atoms with Crippen molar-refractivity contribution < 1.29 is 8.78 Å². The van der Waals surface area contributed by atoms with E-state index in [1.54, 1.807) is 6.20 Å². The molecule has 9 heteroatoms. The smallest absolute Gasteiger partial charge is 0.260 e. The van der Waals surface area contributed by atoms with Crippen molar-refractivity contribution in [2.45, 2.75) is 31.9 Å². The van der Waals surface area contributed by atoms with Gasteiger partial charge < -0.3 is 5.32 Å². The maximum absolute atomic E-state index is 14.0. The number of aromatic nitrogens is 5. The van der Waals surface area contributed by atoms with Crippen molar-refractivity contribution in [2.75, 3.05) is 5.32 Å². The SMILES string of the molecule is Cc1ccccc1-n1c(-c2cnn3c2N[C@@H](c2ccccc2)C[C@H]3C(F)F)n[nH]c1=S. The van der Waals surface area contributed by atoms with Crippen LogP contribution in [0.3, 0.4) is 0 Å². The van der Waals surface area contributed by atoms with E-state index in [2.05, 4.69) is 20.6 Å². The highest BCUT2D eigenvalue weighted by Crippen LogP contribution is 2.42. The topological polar surface area (TPSA) is 63.5 Å². The van der Waals surface area contributed by atoms with E-state index in [9.17, 15) is 8.78 Å². The second-order valence-corrected chi connectivity index (χ2v) is 7.96. The van der Waals surface area contributed by atoms with E-state index in [-0.39, 0.29) is 12.5 Å². The number of alkyl halides is 2. The lowest BCUT2D eigenvalue weighted by molar-refractivity contribution is 0.0659. The van der Waals surface area contributed by atoms with Gasteiger partial charge in [0.25, 0.3) is 6.43 Å². The summed E-state index contributed by atoms with van der Waals surface area (Å²) in [6.07, 6.45) is -0.734. The predicted molar refractivity (Wildman–Crippen MR) is 117 cm³/mol. The summed E-state index contributed by atoms with van der Waals surface area (Å²) in [5.74, 6) is 1.03. The normalized spacial score (nSPS) is 18.1. The van der Waals surface area contributed by atoms with Crippen molar-refractivity contribution >= 4 is 18.0 Å². The molecule has 0 saturated carbocycles. The zero-order valence-electron chi connectivity index (χ0n) is 16.7. The molecule has 2 aromatic carbocycles. The maximum atomic E-state index is 14.0. The quantitative estimate of drug-likeness (QED) is 0.415. The number of halogens is 2. The summed E-state index contributed by atoms with van der Waals surface area (Å²) in [6, 6.07) is 16.1. The van der Waals surface area contributed by atoms with Crippen molar-refractivity contribution in [3.8, 4) is 17.1 Å². The summed E-state index contributed by atoms with van der Waals surface area (Å²) >= 11 is 5.48. The molecule has 31 heavy (non-hydrogen) atoms. The average molecular weight is 439 g/mol. The van der Waals surface area contributed by atoms with Gasteiger partial charge in [0, 0.05) is 0 Å². The maximum Gasteiger partial charge on any atom is 0.260 e. The molecule has 2 aromatic heterocycles. The molecule has 158 valence electrons. The molecule has 0 aliphatic carbocycles. The number of hydrogen-bond acceptors (Lipinski definition) is 4. The number of aryl methyl sites for hydroxylation is 1. The van der Waals surface area contributed by atoms with E-state index in [1.807, 2.05) is 66.1 Å². The van der Waals surface area contributed by atoms with Crippen LogP contribution >= 0.6 is 12.2 Å². The lowest BCUT2D eigenvalue weighted by atomic mass is 9.97. The van der Waals surface area contributed by atoms with Crippen LogP contribution in [0.15, 0.2) is 60.8 Å². The summed E-state index contributed by atoms with van der Waals surface area (Å²) in [7, 11) is 0. The largest absolute Gasteiger partial charge is 0.363 e. The Morgan fingerprint density at radius 3 is 2.58 bits per heavy atom. The molecule has 1 aliphatic rings. The van der Waals surface area contributed by atoms with Gasteiger partial charge in [-0.25, -0.2) is 13.5 Å². The van der Waals surface area contributed by atoms with Gasteiger partial charge in [-0.05, 0) is 42.8 Å². The molecule has 0 radical (unpaired) electrons. The number of rotatable bonds is 4. The van der Waals surface area contributed by atoms with Gasteiger partial charge in [-0.1, -0.05) is 48.5 Å². The first-order valence-corrected chi connectivity index (χ1v) is 10.4. The number of anilines is 1. The van der Waals surface area contributed by atoms with E-state index < -0.39 is 12.5 Å². The van der Waals surface area contributed by atoms with Gasteiger partial charge in [0.15, 0.2) is 10.6 Å². The van der Waals surface area contributed by atoms with Crippen molar-refractivity contribution in [1.82, 2.24) is 24.5 Å². The molecule has 0 spiro atoms. The molecule has 6 nitrogen and oxygen atoms in total.